The van der Waals surface area contributed by atoms with Crippen LogP contribution in [0, 0.1) is 18.2 Å². The van der Waals surface area contributed by atoms with Gasteiger partial charge in [0.2, 0.25) is 0 Å². The minimum atomic E-state index is -0.546. The van der Waals surface area contributed by atoms with Crippen LogP contribution >= 0.6 is 0 Å². The minimum Gasteiger partial charge on any atom is -0.444 e. The lowest BCUT2D eigenvalue weighted by molar-refractivity contribution is 0.0216. The first-order valence-corrected chi connectivity index (χ1v) is 7.04. The van der Waals surface area contributed by atoms with E-state index < -0.39 is 5.60 Å². The second-order valence-electron chi connectivity index (χ2n) is 6.33. The van der Waals surface area contributed by atoms with Gasteiger partial charge in [-0.1, -0.05) is 5.92 Å². The van der Waals surface area contributed by atoms with Gasteiger partial charge in [0.25, 0.3) is 0 Å². The molecule has 1 saturated carbocycles. The first-order valence-electron chi connectivity index (χ1n) is 7.04. The van der Waals surface area contributed by atoms with Gasteiger partial charge in [0.1, 0.15) is 11.4 Å². The van der Waals surface area contributed by atoms with Crippen LogP contribution in [-0.4, -0.2) is 22.6 Å². The number of amides is 1. The van der Waals surface area contributed by atoms with Gasteiger partial charge in [0.05, 0.1) is 0 Å². The van der Waals surface area contributed by atoms with Crippen LogP contribution in [0.1, 0.15) is 44.7 Å². The number of carbonyl (C=O) groups is 1. The third-order valence-electron chi connectivity index (χ3n) is 3.09. The van der Waals surface area contributed by atoms with E-state index >= 15 is 0 Å². The molecule has 0 N–H and O–H groups in total. The van der Waals surface area contributed by atoms with Crippen LogP contribution in [0.5, 0.6) is 0 Å². The fraction of sp³-hybridized carbons (Fsp3) is 0.471. The molecule has 1 aliphatic carbocycles. The first-order chi connectivity index (χ1) is 9.78. The maximum atomic E-state index is 13.5. The second kappa shape index (κ2) is 5.77. The summed E-state index contributed by atoms with van der Waals surface area (Å²) in [4.78, 5) is 13.9. The Morgan fingerprint density at radius 3 is 2.62 bits per heavy atom. The van der Waals surface area contributed by atoms with Crippen molar-refractivity contribution in [3.8, 4) is 12.3 Å². The SMILES string of the molecule is C#Cc1cc(F)cc(CN(C(=O)OC(C)(C)C)C2CC2)c1. The Bertz CT molecular complexity index is 579. The standard InChI is InChI=1S/C17H20FNO2/c1-5-12-8-13(10-14(18)9-12)11-19(15-6-7-15)16(20)21-17(2,3)4/h1,8-10,15H,6-7,11H2,2-4H3. The summed E-state index contributed by atoms with van der Waals surface area (Å²) >= 11 is 0. The number of ether oxygens (including phenoxy) is 1. The first kappa shape index (κ1) is 15.4. The van der Waals surface area contributed by atoms with E-state index in [4.69, 9.17) is 11.2 Å². The highest BCUT2D eigenvalue weighted by atomic mass is 19.1. The molecule has 4 heteroatoms. The molecular weight excluding hydrogens is 269 g/mol. The average molecular weight is 289 g/mol. The number of terminal acetylenes is 1. The molecule has 0 atom stereocenters. The van der Waals surface area contributed by atoms with E-state index in [1.54, 1.807) is 11.0 Å². The molecule has 0 aliphatic heterocycles. The molecule has 3 nitrogen and oxygen atoms in total. The highest BCUT2D eigenvalue weighted by Gasteiger charge is 2.35. The fourth-order valence-corrected chi connectivity index (χ4v) is 2.07. The molecule has 0 heterocycles. The number of hydrogen-bond acceptors (Lipinski definition) is 2. The Morgan fingerprint density at radius 2 is 2.10 bits per heavy atom. The van der Waals surface area contributed by atoms with Crippen LogP contribution in [0.15, 0.2) is 18.2 Å². The van der Waals surface area contributed by atoms with Gasteiger partial charge in [0, 0.05) is 18.2 Å². The topological polar surface area (TPSA) is 29.5 Å². The molecule has 0 spiro atoms. The van der Waals surface area contributed by atoms with Gasteiger partial charge >= 0.3 is 6.09 Å². The van der Waals surface area contributed by atoms with Crippen molar-refractivity contribution in [3.63, 3.8) is 0 Å². The molecule has 1 aliphatic rings. The Kier molecular flexibility index (Phi) is 4.22. The van der Waals surface area contributed by atoms with E-state index in [0.29, 0.717) is 17.7 Å². The van der Waals surface area contributed by atoms with Crippen LogP contribution < -0.4 is 0 Å². The Labute approximate surface area is 125 Å². The summed E-state index contributed by atoms with van der Waals surface area (Å²) in [5.41, 5.74) is 0.613. The van der Waals surface area contributed by atoms with Crippen molar-refractivity contribution in [3.05, 3.63) is 35.1 Å². The molecule has 1 aromatic rings. The van der Waals surface area contributed by atoms with Crippen molar-refractivity contribution in [2.24, 2.45) is 0 Å². The number of benzene rings is 1. The summed E-state index contributed by atoms with van der Waals surface area (Å²) < 4.78 is 18.9. The summed E-state index contributed by atoms with van der Waals surface area (Å²) in [7, 11) is 0. The maximum Gasteiger partial charge on any atom is 0.410 e. The number of carbonyl (C=O) groups excluding carboxylic acids is 1. The van der Waals surface area contributed by atoms with E-state index in [1.165, 1.54) is 12.1 Å². The zero-order valence-corrected chi connectivity index (χ0v) is 12.6. The van der Waals surface area contributed by atoms with Crippen LogP contribution in [0.4, 0.5) is 9.18 Å². The van der Waals surface area contributed by atoms with Crippen molar-refractivity contribution in [2.75, 3.05) is 0 Å². The van der Waals surface area contributed by atoms with Gasteiger partial charge in [-0.2, -0.15) is 0 Å². The predicted octanol–water partition coefficient (Wildman–Crippen LogP) is 3.71. The summed E-state index contributed by atoms with van der Waals surface area (Å²) in [6.07, 6.45) is 6.86. The molecule has 0 bridgehead atoms. The lowest BCUT2D eigenvalue weighted by Gasteiger charge is -2.27. The summed E-state index contributed by atoms with van der Waals surface area (Å²) in [5, 5.41) is 0. The molecule has 2 rings (SSSR count). The number of halogens is 1. The Balaban J connectivity index is 2.15. The van der Waals surface area contributed by atoms with E-state index in [-0.39, 0.29) is 18.0 Å². The molecular formula is C17H20FNO2. The third kappa shape index (κ3) is 4.49. The van der Waals surface area contributed by atoms with Gasteiger partial charge in [-0.25, -0.2) is 9.18 Å². The number of nitrogens with zero attached hydrogens (tertiary/aromatic N) is 1. The highest BCUT2D eigenvalue weighted by Crippen LogP contribution is 2.30. The predicted molar refractivity (Wildman–Crippen MR) is 79.1 cm³/mol. The monoisotopic (exact) mass is 289 g/mol. The highest BCUT2D eigenvalue weighted by molar-refractivity contribution is 5.69. The van der Waals surface area contributed by atoms with E-state index in [1.807, 2.05) is 20.8 Å². The summed E-state index contributed by atoms with van der Waals surface area (Å²) in [6, 6.07) is 4.61. The van der Waals surface area contributed by atoms with Crippen molar-refractivity contribution in [2.45, 2.75) is 51.8 Å². The second-order valence-corrected chi connectivity index (χ2v) is 6.33. The van der Waals surface area contributed by atoms with Crippen LogP contribution in [0.2, 0.25) is 0 Å². The van der Waals surface area contributed by atoms with Gasteiger partial charge < -0.3 is 9.64 Å². The van der Waals surface area contributed by atoms with Gasteiger partial charge in [-0.05, 0) is 57.4 Å². The average Bonchev–Trinajstić information content (AvgIpc) is 3.17. The Hall–Kier alpha value is -2.02. The number of hydrogen-bond donors (Lipinski definition) is 0. The van der Waals surface area contributed by atoms with E-state index in [0.717, 1.165) is 12.8 Å². The summed E-state index contributed by atoms with van der Waals surface area (Å²) in [5.74, 6) is 2.03. The molecule has 1 amide bonds. The van der Waals surface area contributed by atoms with Crippen molar-refractivity contribution >= 4 is 6.09 Å². The fourth-order valence-electron chi connectivity index (χ4n) is 2.07. The number of rotatable bonds is 3. The molecule has 0 radical (unpaired) electrons. The smallest absolute Gasteiger partial charge is 0.410 e. The van der Waals surface area contributed by atoms with Crippen LogP contribution in [-0.2, 0) is 11.3 Å². The molecule has 0 saturated heterocycles. The van der Waals surface area contributed by atoms with E-state index in [9.17, 15) is 9.18 Å². The van der Waals surface area contributed by atoms with Crippen molar-refractivity contribution in [1.82, 2.24) is 4.90 Å². The van der Waals surface area contributed by atoms with Crippen LogP contribution in [0.3, 0.4) is 0 Å². The zero-order valence-electron chi connectivity index (χ0n) is 12.6. The molecule has 112 valence electrons. The van der Waals surface area contributed by atoms with Crippen molar-refractivity contribution in [1.29, 1.82) is 0 Å². The lowest BCUT2D eigenvalue weighted by atomic mass is 10.1. The van der Waals surface area contributed by atoms with Gasteiger partial charge in [0.15, 0.2) is 0 Å². The Morgan fingerprint density at radius 1 is 1.43 bits per heavy atom. The maximum absolute atomic E-state index is 13.5. The molecule has 1 aromatic carbocycles. The normalized spacial score (nSPS) is 14.4. The van der Waals surface area contributed by atoms with Crippen molar-refractivity contribution < 1.29 is 13.9 Å². The zero-order chi connectivity index (χ0) is 15.6. The molecule has 1 fully saturated rings. The van der Waals surface area contributed by atoms with Crippen LogP contribution in [0.25, 0.3) is 0 Å². The largest absolute Gasteiger partial charge is 0.444 e. The quantitative estimate of drug-likeness (QED) is 0.794. The molecule has 0 aromatic heterocycles. The lowest BCUT2D eigenvalue weighted by Crippen LogP contribution is -2.37. The molecule has 21 heavy (non-hydrogen) atoms. The van der Waals surface area contributed by atoms with Gasteiger partial charge in [-0.15, -0.1) is 6.42 Å². The van der Waals surface area contributed by atoms with Gasteiger partial charge in [-0.3, -0.25) is 0 Å². The summed E-state index contributed by atoms with van der Waals surface area (Å²) in [6.45, 7) is 5.80. The minimum absolute atomic E-state index is 0.178. The third-order valence-corrected chi connectivity index (χ3v) is 3.09. The molecule has 0 unspecified atom stereocenters. The van der Waals surface area contributed by atoms with E-state index in [2.05, 4.69) is 5.92 Å².